The molecule has 0 radical (unpaired) electrons. The van der Waals surface area contributed by atoms with Crippen LogP contribution in [-0.2, 0) is 4.79 Å². The summed E-state index contributed by atoms with van der Waals surface area (Å²) in [5.41, 5.74) is 2.80. The highest BCUT2D eigenvalue weighted by atomic mass is 32.2. The predicted octanol–water partition coefficient (Wildman–Crippen LogP) is 5.10. The van der Waals surface area contributed by atoms with Crippen molar-refractivity contribution < 1.29 is 4.79 Å². The van der Waals surface area contributed by atoms with E-state index >= 15 is 0 Å². The fourth-order valence-electron chi connectivity index (χ4n) is 3.64. The van der Waals surface area contributed by atoms with Crippen LogP contribution in [0.1, 0.15) is 31.2 Å². The van der Waals surface area contributed by atoms with Crippen LogP contribution in [0.5, 0.6) is 0 Å². The summed E-state index contributed by atoms with van der Waals surface area (Å²) < 4.78 is 1.87. The number of rotatable bonds is 4. The fourth-order valence-corrected chi connectivity index (χ4v) is 5.25. The van der Waals surface area contributed by atoms with Crippen LogP contribution < -0.4 is 5.32 Å². The second kappa shape index (κ2) is 8.00. The minimum absolute atomic E-state index is 0.0867. The van der Waals surface area contributed by atoms with Crippen molar-refractivity contribution in [3.63, 3.8) is 0 Å². The summed E-state index contributed by atoms with van der Waals surface area (Å²) in [6, 6.07) is 14.4. The van der Waals surface area contributed by atoms with E-state index in [1.807, 2.05) is 58.7 Å². The molecule has 0 atom stereocenters. The smallest absolute Gasteiger partial charge is 0.264 e. The molecule has 146 valence electrons. The van der Waals surface area contributed by atoms with Gasteiger partial charge in [0.05, 0.1) is 21.5 Å². The first-order valence-electron chi connectivity index (χ1n) is 9.74. The van der Waals surface area contributed by atoms with Gasteiger partial charge in [-0.2, -0.15) is 5.10 Å². The number of thiophene rings is 1. The number of nitrogens with one attached hydrogen (secondary N) is 1. The van der Waals surface area contributed by atoms with Crippen molar-refractivity contribution in [1.82, 2.24) is 15.1 Å². The molecule has 1 aliphatic carbocycles. The van der Waals surface area contributed by atoms with Crippen molar-refractivity contribution in [2.45, 2.75) is 31.7 Å². The molecule has 1 saturated heterocycles. The Morgan fingerprint density at radius 2 is 1.97 bits per heavy atom. The maximum Gasteiger partial charge on any atom is 0.264 e. The molecule has 1 amide bonds. The van der Waals surface area contributed by atoms with Crippen LogP contribution in [0.3, 0.4) is 0 Å². The van der Waals surface area contributed by atoms with Gasteiger partial charge >= 0.3 is 0 Å². The van der Waals surface area contributed by atoms with Crippen LogP contribution >= 0.6 is 23.1 Å². The molecule has 0 unspecified atom stereocenters. The predicted molar refractivity (Wildman–Crippen MR) is 120 cm³/mol. The van der Waals surface area contributed by atoms with Gasteiger partial charge in [-0.1, -0.05) is 37.1 Å². The molecule has 7 heteroatoms. The van der Waals surface area contributed by atoms with Gasteiger partial charge in [-0.05, 0) is 54.3 Å². The molecule has 29 heavy (non-hydrogen) atoms. The SMILES string of the molecule is O=C1NC(=NC2CCCC2)SC1=Cc1cn(-c2ccccc2)nc1-c1cccs1. The molecular weight excluding hydrogens is 400 g/mol. The lowest BCUT2D eigenvalue weighted by molar-refractivity contribution is -0.115. The van der Waals surface area contributed by atoms with E-state index in [-0.39, 0.29) is 5.91 Å². The van der Waals surface area contributed by atoms with Gasteiger partial charge in [0.15, 0.2) is 5.17 Å². The first-order chi connectivity index (χ1) is 14.3. The Morgan fingerprint density at radius 1 is 1.14 bits per heavy atom. The van der Waals surface area contributed by atoms with Crippen molar-refractivity contribution in [1.29, 1.82) is 0 Å². The maximum atomic E-state index is 12.5. The highest BCUT2D eigenvalue weighted by molar-refractivity contribution is 8.18. The average Bonchev–Trinajstić information content (AvgIpc) is 3.52. The largest absolute Gasteiger partial charge is 0.301 e. The highest BCUT2D eigenvalue weighted by Gasteiger charge is 2.26. The van der Waals surface area contributed by atoms with Crippen LogP contribution in [0.4, 0.5) is 0 Å². The number of para-hydroxylation sites is 1. The molecule has 0 spiro atoms. The molecule has 1 aliphatic heterocycles. The van der Waals surface area contributed by atoms with E-state index in [0.29, 0.717) is 10.9 Å². The van der Waals surface area contributed by atoms with Crippen LogP contribution in [0.25, 0.3) is 22.3 Å². The van der Waals surface area contributed by atoms with Crippen LogP contribution in [0.15, 0.2) is 63.9 Å². The third kappa shape index (κ3) is 3.93. The van der Waals surface area contributed by atoms with Gasteiger partial charge in [-0.25, -0.2) is 4.68 Å². The molecule has 5 rings (SSSR count). The quantitative estimate of drug-likeness (QED) is 0.597. The molecule has 1 saturated carbocycles. The lowest BCUT2D eigenvalue weighted by Crippen LogP contribution is -2.21. The van der Waals surface area contributed by atoms with Gasteiger partial charge in [-0.15, -0.1) is 11.3 Å². The number of hydrogen-bond acceptors (Lipinski definition) is 5. The lowest BCUT2D eigenvalue weighted by atomic mass is 10.2. The van der Waals surface area contributed by atoms with Gasteiger partial charge in [0.2, 0.25) is 0 Å². The Morgan fingerprint density at radius 3 is 2.72 bits per heavy atom. The van der Waals surface area contributed by atoms with E-state index in [9.17, 15) is 4.79 Å². The molecule has 0 bridgehead atoms. The van der Waals surface area contributed by atoms with Crippen molar-refractivity contribution in [3.8, 4) is 16.3 Å². The molecule has 3 aromatic rings. The number of amides is 1. The summed E-state index contributed by atoms with van der Waals surface area (Å²) in [6.07, 6.45) is 8.60. The monoisotopic (exact) mass is 420 g/mol. The molecule has 3 heterocycles. The van der Waals surface area contributed by atoms with Crippen LogP contribution in [0.2, 0.25) is 0 Å². The van der Waals surface area contributed by atoms with Gasteiger partial charge in [0, 0.05) is 11.8 Å². The third-order valence-corrected chi connectivity index (χ3v) is 6.88. The van der Waals surface area contributed by atoms with E-state index in [1.165, 1.54) is 24.6 Å². The number of hydrogen-bond donors (Lipinski definition) is 1. The molecule has 5 nitrogen and oxygen atoms in total. The summed E-state index contributed by atoms with van der Waals surface area (Å²) in [4.78, 5) is 19.0. The van der Waals surface area contributed by atoms with Gasteiger partial charge in [0.25, 0.3) is 5.91 Å². The van der Waals surface area contributed by atoms with E-state index in [4.69, 9.17) is 10.1 Å². The van der Waals surface area contributed by atoms with E-state index in [0.717, 1.165) is 39.8 Å². The minimum Gasteiger partial charge on any atom is -0.301 e. The standard InChI is InChI=1S/C22H20N4OS2/c27-21-19(29-22(24-21)23-16-7-4-5-8-16)13-15-14-26(17-9-2-1-3-10-17)25-20(15)18-11-6-12-28-18/h1-3,6,9-14,16H,4-5,7-8H2,(H,23,24,27). The van der Waals surface area contributed by atoms with E-state index in [2.05, 4.69) is 11.4 Å². The molecule has 1 aromatic carbocycles. The zero-order chi connectivity index (χ0) is 19.6. The topological polar surface area (TPSA) is 59.3 Å². The molecule has 2 fully saturated rings. The Labute approximate surface area is 177 Å². The Bertz CT molecular complexity index is 1080. The summed E-state index contributed by atoms with van der Waals surface area (Å²) in [6.45, 7) is 0. The number of nitrogens with zero attached hydrogens (tertiary/aromatic N) is 3. The number of aliphatic imine (C=N–C) groups is 1. The average molecular weight is 421 g/mol. The zero-order valence-corrected chi connectivity index (χ0v) is 17.4. The first kappa shape index (κ1) is 18.4. The number of thioether (sulfide) groups is 1. The van der Waals surface area contributed by atoms with Crippen LogP contribution in [-0.4, -0.2) is 26.9 Å². The fraction of sp³-hybridized carbons (Fsp3) is 0.227. The Hall–Kier alpha value is -2.64. The van der Waals surface area contributed by atoms with Crippen molar-refractivity contribution >= 4 is 40.2 Å². The Balaban J connectivity index is 1.50. The number of carbonyl (C=O) groups is 1. The number of amidine groups is 1. The summed E-state index contributed by atoms with van der Waals surface area (Å²) >= 11 is 3.07. The molecule has 2 aliphatic rings. The lowest BCUT2D eigenvalue weighted by Gasteiger charge is -2.02. The second-order valence-corrected chi connectivity index (χ2v) is 9.11. The van der Waals surface area contributed by atoms with Crippen molar-refractivity contribution in [2.75, 3.05) is 0 Å². The minimum atomic E-state index is -0.0867. The van der Waals surface area contributed by atoms with E-state index < -0.39 is 0 Å². The van der Waals surface area contributed by atoms with Crippen LogP contribution in [0, 0.1) is 0 Å². The number of carbonyl (C=O) groups excluding carboxylic acids is 1. The summed E-state index contributed by atoms with van der Waals surface area (Å²) in [5.74, 6) is -0.0867. The Kier molecular flexibility index (Phi) is 5.08. The van der Waals surface area contributed by atoms with Gasteiger partial charge in [-0.3, -0.25) is 9.79 Å². The van der Waals surface area contributed by atoms with E-state index in [1.54, 1.807) is 11.3 Å². The second-order valence-electron chi connectivity index (χ2n) is 7.13. The first-order valence-corrected chi connectivity index (χ1v) is 11.4. The summed E-state index contributed by atoms with van der Waals surface area (Å²) in [5, 5.41) is 10.5. The molecule has 2 aromatic heterocycles. The van der Waals surface area contributed by atoms with Crippen molar-refractivity contribution in [2.24, 2.45) is 4.99 Å². The summed E-state index contributed by atoms with van der Waals surface area (Å²) in [7, 11) is 0. The van der Waals surface area contributed by atoms with Gasteiger partial charge < -0.3 is 5.32 Å². The highest BCUT2D eigenvalue weighted by Crippen LogP contribution is 2.33. The third-order valence-electron chi connectivity index (χ3n) is 5.08. The molecule has 1 N–H and O–H groups in total. The normalized spacial score (nSPS) is 20.1. The maximum absolute atomic E-state index is 12.5. The zero-order valence-electron chi connectivity index (χ0n) is 15.7. The number of benzene rings is 1. The van der Waals surface area contributed by atoms with Gasteiger partial charge in [0.1, 0.15) is 5.69 Å². The van der Waals surface area contributed by atoms with Crippen molar-refractivity contribution in [3.05, 3.63) is 64.5 Å². The number of aromatic nitrogens is 2. The molecular formula is C22H20N4OS2.